The smallest absolute Gasteiger partial charge is 0.0910 e. The minimum Gasteiger partial charge on any atom is -0.271 e. The zero-order chi connectivity index (χ0) is 13.1. The highest BCUT2D eigenvalue weighted by atomic mass is 35.5. The van der Waals surface area contributed by atoms with E-state index in [2.05, 4.69) is 15.5 Å². The van der Waals surface area contributed by atoms with Gasteiger partial charge in [-0.05, 0) is 31.0 Å². The van der Waals surface area contributed by atoms with Crippen molar-refractivity contribution in [3.05, 3.63) is 46.5 Å². The first-order valence-corrected chi connectivity index (χ1v) is 6.14. The highest BCUT2D eigenvalue weighted by molar-refractivity contribution is 6.31. The molecule has 0 saturated carbocycles. The van der Waals surface area contributed by atoms with Crippen LogP contribution in [0.2, 0.25) is 5.02 Å². The quantitative estimate of drug-likeness (QED) is 0.654. The maximum Gasteiger partial charge on any atom is 0.0910 e. The Morgan fingerprint density at radius 3 is 2.89 bits per heavy atom. The Balaban J connectivity index is 2.52. The topological polar surface area (TPSA) is 68.8 Å². The van der Waals surface area contributed by atoms with Gasteiger partial charge in [0.25, 0.3) is 0 Å². The van der Waals surface area contributed by atoms with Gasteiger partial charge in [-0.3, -0.25) is 15.5 Å². The van der Waals surface area contributed by atoms with E-state index in [0.29, 0.717) is 5.02 Å². The fourth-order valence-corrected chi connectivity index (χ4v) is 2.26. The van der Waals surface area contributed by atoms with E-state index in [-0.39, 0.29) is 6.04 Å². The number of nitrogens with one attached hydrogen (secondary N) is 1. The van der Waals surface area contributed by atoms with Gasteiger partial charge in [-0.1, -0.05) is 11.6 Å². The number of pyridine rings is 1. The second-order valence-electron chi connectivity index (χ2n) is 4.03. The van der Waals surface area contributed by atoms with Crippen LogP contribution in [-0.4, -0.2) is 14.8 Å². The lowest BCUT2D eigenvalue weighted by Crippen LogP contribution is -2.31. The van der Waals surface area contributed by atoms with Gasteiger partial charge in [0.1, 0.15) is 0 Å². The van der Waals surface area contributed by atoms with E-state index < -0.39 is 0 Å². The Labute approximate surface area is 111 Å². The summed E-state index contributed by atoms with van der Waals surface area (Å²) in [6, 6.07) is 1.73. The maximum absolute atomic E-state index is 6.20. The summed E-state index contributed by atoms with van der Waals surface area (Å²) in [7, 11) is 0. The Kier molecular flexibility index (Phi) is 3.96. The molecule has 2 aromatic heterocycles. The third kappa shape index (κ3) is 2.25. The fraction of sp³-hybridized carbons (Fsp3) is 0.333. The van der Waals surface area contributed by atoms with Gasteiger partial charge in [-0.2, -0.15) is 5.10 Å². The third-order valence-corrected chi connectivity index (χ3v) is 3.25. The minimum absolute atomic E-state index is 0.214. The molecule has 0 saturated heterocycles. The van der Waals surface area contributed by atoms with Crippen molar-refractivity contribution in [2.45, 2.75) is 26.4 Å². The molecule has 0 aromatic carbocycles. The van der Waals surface area contributed by atoms with Crippen LogP contribution in [-0.2, 0) is 6.54 Å². The monoisotopic (exact) mass is 265 g/mol. The molecule has 0 aliphatic rings. The molecule has 0 fully saturated rings. The Morgan fingerprint density at radius 1 is 1.50 bits per heavy atom. The summed E-state index contributed by atoms with van der Waals surface area (Å²) < 4.78 is 1.83. The first-order chi connectivity index (χ1) is 8.69. The van der Waals surface area contributed by atoms with Gasteiger partial charge in [0, 0.05) is 18.9 Å². The van der Waals surface area contributed by atoms with Gasteiger partial charge in [0.2, 0.25) is 0 Å². The number of aryl methyl sites for hydroxylation is 2. The van der Waals surface area contributed by atoms with Crippen LogP contribution in [0.4, 0.5) is 0 Å². The van der Waals surface area contributed by atoms with Crippen LogP contribution < -0.4 is 11.3 Å². The summed E-state index contributed by atoms with van der Waals surface area (Å²) in [6.07, 6.45) is 5.19. The zero-order valence-electron chi connectivity index (χ0n) is 10.4. The molecule has 0 spiro atoms. The molecule has 0 radical (unpaired) electrons. The van der Waals surface area contributed by atoms with Crippen LogP contribution in [0, 0.1) is 6.92 Å². The second-order valence-corrected chi connectivity index (χ2v) is 4.43. The highest BCUT2D eigenvalue weighted by Crippen LogP contribution is 2.28. The van der Waals surface area contributed by atoms with Gasteiger partial charge in [-0.15, -0.1) is 0 Å². The summed E-state index contributed by atoms with van der Waals surface area (Å²) >= 11 is 6.20. The molecular formula is C12H16ClN5. The molecular weight excluding hydrogens is 250 g/mol. The first kappa shape index (κ1) is 13.0. The van der Waals surface area contributed by atoms with Crippen molar-refractivity contribution in [2.24, 2.45) is 5.84 Å². The number of halogens is 1. The number of hydrogen-bond donors (Lipinski definition) is 2. The largest absolute Gasteiger partial charge is 0.271 e. The van der Waals surface area contributed by atoms with E-state index in [1.54, 1.807) is 18.6 Å². The molecule has 3 N–H and O–H groups in total. The Morgan fingerprint density at radius 2 is 2.28 bits per heavy atom. The van der Waals surface area contributed by atoms with Crippen molar-refractivity contribution in [3.63, 3.8) is 0 Å². The van der Waals surface area contributed by atoms with Gasteiger partial charge in [0.15, 0.2) is 0 Å². The lowest BCUT2D eigenvalue weighted by Gasteiger charge is -2.19. The molecule has 2 rings (SSSR count). The van der Waals surface area contributed by atoms with Gasteiger partial charge in [-0.25, -0.2) is 5.43 Å². The van der Waals surface area contributed by atoms with Crippen LogP contribution in [0.5, 0.6) is 0 Å². The number of rotatable bonds is 4. The molecule has 1 unspecified atom stereocenters. The summed E-state index contributed by atoms with van der Waals surface area (Å²) in [5.74, 6) is 5.68. The Bertz CT molecular complexity index is 537. The van der Waals surface area contributed by atoms with Crippen molar-refractivity contribution < 1.29 is 0 Å². The molecule has 2 heterocycles. The summed E-state index contributed by atoms with van der Waals surface area (Å²) in [6.45, 7) is 4.76. The summed E-state index contributed by atoms with van der Waals surface area (Å²) in [5.41, 5.74) is 5.75. The molecule has 0 aliphatic carbocycles. The van der Waals surface area contributed by atoms with E-state index >= 15 is 0 Å². The van der Waals surface area contributed by atoms with E-state index in [4.69, 9.17) is 17.4 Å². The van der Waals surface area contributed by atoms with Crippen LogP contribution in [0.15, 0.2) is 24.7 Å². The van der Waals surface area contributed by atoms with Crippen LogP contribution in [0.3, 0.4) is 0 Å². The molecule has 1 atom stereocenters. The number of nitrogens with two attached hydrogens (primary N) is 1. The molecule has 2 aromatic rings. The van der Waals surface area contributed by atoms with E-state index in [1.165, 1.54) is 0 Å². The molecule has 6 heteroatoms. The normalized spacial score (nSPS) is 12.7. The number of hydrogen-bond acceptors (Lipinski definition) is 4. The van der Waals surface area contributed by atoms with Crippen molar-refractivity contribution in [1.82, 2.24) is 20.2 Å². The zero-order valence-corrected chi connectivity index (χ0v) is 11.1. The third-order valence-electron chi connectivity index (χ3n) is 2.96. The minimum atomic E-state index is -0.214. The molecule has 0 aliphatic heterocycles. The molecule has 0 bridgehead atoms. The predicted molar refractivity (Wildman–Crippen MR) is 71.1 cm³/mol. The fourth-order valence-electron chi connectivity index (χ4n) is 2.01. The van der Waals surface area contributed by atoms with Gasteiger partial charge in [0.05, 0.1) is 23.0 Å². The van der Waals surface area contributed by atoms with Gasteiger partial charge < -0.3 is 0 Å². The first-order valence-electron chi connectivity index (χ1n) is 5.76. The van der Waals surface area contributed by atoms with Crippen LogP contribution >= 0.6 is 11.6 Å². The van der Waals surface area contributed by atoms with Gasteiger partial charge >= 0.3 is 0 Å². The molecule has 5 nitrogen and oxygen atoms in total. The van der Waals surface area contributed by atoms with Crippen molar-refractivity contribution in [1.29, 1.82) is 0 Å². The average molecular weight is 266 g/mol. The Hall–Kier alpha value is -1.43. The lowest BCUT2D eigenvalue weighted by molar-refractivity contribution is 0.541. The van der Waals surface area contributed by atoms with E-state index in [0.717, 1.165) is 23.4 Å². The predicted octanol–water partition coefficient (Wildman–Crippen LogP) is 1.81. The summed E-state index contributed by atoms with van der Waals surface area (Å²) in [4.78, 5) is 4.14. The van der Waals surface area contributed by atoms with Crippen LogP contribution in [0.25, 0.3) is 0 Å². The van der Waals surface area contributed by atoms with Crippen molar-refractivity contribution in [3.8, 4) is 0 Å². The lowest BCUT2D eigenvalue weighted by atomic mass is 10.0. The van der Waals surface area contributed by atoms with Crippen LogP contribution in [0.1, 0.15) is 29.8 Å². The SMILES string of the molecule is CCn1ncc(Cl)c1C(NN)c1cnccc1C. The standard InChI is InChI=1S/C12H16ClN5/c1-3-18-12(10(13)7-16-18)11(17-14)9-6-15-5-4-8(9)2/h4-7,11,17H,3,14H2,1-2H3. The highest BCUT2D eigenvalue weighted by Gasteiger charge is 2.22. The van der Waals surface area contributed by atoms with E-state index in [1.807, 2.05) is 24.6 Å². The van der Waals surface area contributed by atoms with Crippen molar-refractivity contribution in [2.75, 3.05) is 0 Å². The number of nitrogens with zero attached hydrogens (tertiary/aromatic N) is 3. The number of hydrazine groups is 1. The van der Waals surface area contributed by atoms with Crippen molar-refractivity contribution >= 4 is 11.6 Å². The maximum atomic E-state index is 6.20. The van der Waals surface area contributed by atoms with E-state index in [9.17, 15) is 0 Å². The molecule has 96 valence electrons. The number of aromatic nitrogens is 3. The average Bonchev–Trinajstić information content (AvgIpc) is 2.74. The second kappa shape index (κ2) is 5.48. The molecule has 0 amide bonds. The molecule has 18 heavy (non-hydrogen) atoms. The summed E-state index contributed by atoms with van der Waals surface area (Å²) in [5, 5.41) is 4.83.